The maximum Gasteiger partial charge on any atom is 0.243 e. The van der Waals surface area contributed by atoms with E-state index in [0.717, 1.165) is 42.6 Å². The van der Waals surface area contributed by atoms with Gasteiger partial charge in [-0.05, 0) is 54.2 Å². The largest absolute Gasteiger partial charge is 0.350 e. The lowest BCUT2D eigenvalue weighted by Gasteiger charge is -2.40. The Kier molecular flexibility index (Phi) is 9.07. The fourth-order valence-electron chi connectivity index (χ4n) is 7.31. The molecular weight excluding hydrogens is 542 g/mol. The molecule has 3 fully saturated rings. The van der Waals surface area contributed by atoms with Crippen molar-refractivity contribution in [2.45, 2.75) is 70.1 Å². The van der Waals surface area contributed by atoms with Gasteiger partial charge in [0.2, 0.25) is 23.6 Å². The summed E-state index contributed by atoms with van der Waals surface area (Å²) in [5.41, 5.74) is 2.98. The lowest BCUT2D eigenvalue weighted by atomic mass is 9.80. The Morgan fingerprint density at radius 2 is 1.63 bits per heavy atom. The van der Waals surface area contributed by atoms with Gasteiger partial charge >= 0.3 is 0 Å². The van der Waals surface area contributed by atoms with Gasteiger partial charge in [-0.2, -0.15) is 0 Å². The van der Waals surface area contributed by atoms with Gasteiger partial charge in [-0.15, -0.1) is 0 Å². The van der Waals surface area contributed by atoms with Gasteiger partial charge in [-0.1, -0.05) is 54.6 Å². The fourth-order valence-corrected chi connectivity index (χ4v) is 7.31. The third-order valence-electron chi connectivity index (χ3n) is 9.85. The van der Waals surface area contributed by atoms with Crippen LogP contribution in [0.2, 0.25) is 0 Å². The van der Waals surface area contributed by atoms with Gasteiger partial charge in [0.15, 0.2) is 0 Å². The van der Waals surface area contributed by atoms with Crippen molar-refractivity contribution in [1.82, 2.24) is 25.3 Å². The van der Waals surface area contributed by atoms with E-state index in [1.54, 1.807) is 4.90 Å². The third-order valence-corrected chi connectivity index (χ3v) is 9.85. The first kappa shape index (κ1) is 29.4. The standard InChI is InChI=1S/C34H43N5O4/c40-31(37-13-6-7-14-37)17-26-12-15-38-22-28(26)18-33(42)39-23-29(35-20-24-8-2-1-3-9-24)19-30(39)34(43)36-21-27-11-5-4-10-25(27)16-32(38)41/h1-5,8-11,26,28-30,35H,6-7,12-23H2,(H,36,43)/t26-,28-,29-,30-/m0/s1. The Labute approximate surface area is 254 Å². The summed E-state index contributed by atoms with van der Waals surface area (Å²) in [6.45, 7) is 4.10. The van der Waals surface area contributed by atoms with Gasteiger partial charge in [0.25, 0.3) is 0 Å². The average Bonchev–Trinajstić information content (AvgIpc) is 3.72. The molecule has 9 heteroatoms. The predicted molar refractivity (Wildman–Crippen MR) is 162 cm³/mol. The predicted octanol–water partition coefficient (Wildman–Crippen LogP) is 2.49. The lowest BCUT2D eigenvalue weighted by molar-refractivity contribution is -0.142. The number of nitrogens with one attached hydrogen (secondary N) is 2. The Morgan fingerprint density at radius 3 is 2.42 bits per heavy atom. The third kappa shape index (κ3) is 6.93. The second kappa shape index (κ2) is 13.3. The summed E-state index contributed by atoms with van der Waals surface area (Å²) in [4.78, 5) is 59.9. The second-order valence-electron chi connectivity index (χ2n) is 12.7. The summed E-state index contributed by atoms with van der Waals surface area (Å²) < 4.78 is 0. The molecule has 4 heterocycles. The average molecular weight is 586 g/mol. The normalized spacial score (nSPS) is 26.5. The Hall–Kier alpha value is -3.72. The quantitative estimate of drug-likeness (QED) is 0.562. The molecule has 0 radical (unpaired) electrons. The van der Waals surface area contributed by atoms with Crippen LogP contribution in [0.1, 0.15) is 55.2 Å². The Morgan fingerprint density at radius 1 is 0.884 bits per heavy atom. The van der Waals surface area contributed by atoms with Crippen molar-refractivity contribution in [3.8, 4) is 0 Å². The summed E-state index contributed by atoms with van der Waals surface area (Å²) in [7, 11) is 0. The number of nitrogens with zero attached hydrogens (tertiary/aromatic N) is 3. The monoisotopic (exact) mass is 585 g/mol. The molecule has 2 aromatic carbocycles. The molecule has 2 bridgehead atoms. The summed E-state index contributed by atoms with van der Waals surface area (Å²) >= 11 is 0. The molecule has 0 spiro atoms. The van der Waals surface area contributed by atoms with E-state index in [2.05, 4.69) is 22.8 Å². The minimum Gasteiger partial charge on any atom is -0.350 e. The molecule has 0 aliphatic carbocycles. The topological polar surface area (TPSA) is 102 Å². The maximum atomic E-state index is 14.0. The highest BCUT2D eigenvalue weighted by atomic mass is 16.2. The Balaban J connectivity index is 1.24. The lowest BCUT2D eigenvalue weighted by Crippen LogP contribution is -2.50. The van der Waals surface area contributed by atoms with E-state index in [1.807, 2.05) is 52.3 Å². The molecule has 0 unspecified atom stereocenters. The van der Waals surface area contributed by atoms with Crippen LogP contribution in [0.3, 0.4) is 0 Å². The van der Waals surface area contributed by atoms with E-state index in [-0.39, 0.29) is 54.3 Å². The highest BCUT2D eigenvalue weighted by Gasteiger charge is 2.42. The van der Waals surface area contributed by atoms with Crippen LogP contribution in [0.4, 0.5) is 0 Å². The van der Waals surface area contributed by atoms with Gasteiger partial charge in [0, 0.05) is 64.7 Å². The fraction of sp³-hybridized carbons (Fsp3) is 0.529. The minimum atomic E-state index is -0.568. The number of amides is 4. The molecular formula is C34H43N5O4. The summed E-state index contributed by atoms with van der Waals surface area (Å²) in [6, 6.07) is 17.3. The molecule has 0 aromatic heterocycles. The van der Waals surface area contributed by atoms with E-state index < -0.39 is 6.04 Å². The number of fused-ring (bicyclic) bond motifs is 4. The highest BCUT2D eigenvalue weighted by Crippen LogP contribution is 2.33. The van der Waals surface area contributed by atoms with Crippen molar-refractivity contribution >= 4 is 23.6 Å². The van der Waals surface area contributed by atoms with Gasteiger partial charge < -0.3 is 25.3 Å². The van der Waals surface area contributed by atoms with Crippen molar-refractivity contribution in [3.05, 3.63) is 71.3 Å². The first-order valence-electron chi connectivity index (χ1n) is 15.9. The SMILES string of the molecule is O=C1NCc2ccccc2CC(=O)N2CC[C@@H](CC(=O)N3CCCC3)[C@@H](CC(=O)N3C[C@@H](NCc4ccccc4)C[C@@H]13)C2. The van der Waals surface area contributed by atoms with Crippen LogP contribution in [0, 0.1) is 11.8 Å². The smallest absolute Gasteiger partial charge is 0.243 e. The van der Waals surface area contributed by atoms with Crippen molar-refractivity contribution in [3.63, 3.8) is 0 Å². The molecule has 4 aliphatic heterocycles. The number of rotatable bonds is 5. The highest BCUT2D eigenvalue weighted by molar-refractivity contribution is 5.89. The number of benzene rings is 2. The summed E-state index contributed by atoms with van der Waals surface area (Å²) in [5.74, 6) is -0.146. The zero-order valence-corrected chi connectivity index (χ0v) is 24.9. The number of hydrogen-bond acceptors (Lipinski definition) is 5. The van der Waals surface area contributed by atoms with Crippen LogP contribution in [0.15, 0.2) is 54.6 Å². The molecule has 0 saturated carbocycles. The van der Waals surface area contributed by atoms with Crippen molar-refractivity contribution in [1.29, 1.82) is 0 Å². The van der Waals surface area contributed by atoms with Crippen LogP contribution < -0.4 is 10.6 Å². The van der Waals surface area contributed by atoms with E-state index in [9.17, 15) is 19.2 Å². The number of carbonyl (C=O) groups excluding carboxylic acids is 4. The number of hydrogen-bond donors (Lipinski definition) is 2. The van der Waals surface area contributed by atoms with Crippen molar-refractivity contribution < 1.29 is 19.2 Å². The van der Waals surface area contributed by atoms with Crippen LogP contribution in [-0.4, -0.2) is 83.1 Å². The van der Waals surface area contributed by atoms with Crippen LogP contribution in [0.25, 0.3) is 0 Å². The first-order chi connectivity index (χ1) is 20.9. The van der Waals surface area contributed by atoms with Crippen molar-refractivity contribution in [2.24, 2.45) is 11.8 Å². The number of piperidine rings is 1. The van der Waals surface area contributed by atoms with Crippen LogP contribution in [0.5, 0.6) is 0 Å². The van der Waals surface area contributed by atoms with Gasteiger partial charge in [0.1, 0.15) is 6.04 Å². The zero-order valence-electron chi connectivity index (χ0n) is 24.9. The molecule has 3 saturated heterocycles. The summed E-state index contributed by atoms with van der Waals surface area (Å²) in [5, 5.41) is 6.64. The molecule has 6 rings (SSSR count). The molecule has 9 nitrogen and oxygen atoms in total. The van der Waals surface area contributed by atoms with Gasteiger partial charge in [-0.25, -0.2) is 0 Å². The summed E-state index contributed by atoms with van der Waals surface area (Å²) in [6.07, 6.45) is 4.22. The van der Waals surface area contributed by atoms with Crippen molar-refractivity contribution in [2.75, 3.05) is 32.7 Å². The number of carbonyl (C=O) groups is 4. The Bertz CT molecular complexity index is 1330. The first-order valence-corrected chi connectivity index (χ1v) is 15.9. The van der Waals surface area contributed by atoms with Gasteiger partial charge in [0.05, 0.1) is 6.42 Å². The van der Waals surface area contributed by atoms with E-state index in [0.29, 0.717) is 52.0 Å². The second-order valence-corrected chi connectivity index (χ2v) is 12.7. The van der Waals surface area contributed by atoms with E-state index in [4.69, 9.17) is 0 Å². The van der Waals surface area contributed by atoms with Crippen LogP contribution in [-0.2, 0) is 38.7 Å². The van der Waals surface area contributed by atoms with E-state index >= 15 is 0 Å². The zero-order chi connectivity index (χ0) is 29.8. The number of likely N-dealkylation sites (tertiary alicyclic amines) is 1. The molecule has 4 amide bonds. The maximum absolute atomic E-state index is 14.0. The molecule has 4 atom stereocenters. The molecule has 4 aliphatic rings. The molecule has 228 valence electrons. The van der Waals surface area contributed by atoms with Gasteiger partial charge in [-0.3, -0.25) is 19.2 Å². The minimum absolute atomic E-state index is 0.0140. The van der Waals surface area contributed by atoms with Crippen LogP contribution >= 0.6 is 0 Å². The molecule has 43 heavy (non-hydrogen) atoms. The molecule has 2 aromatic rings. The molecule has 2 N–H and O–H groups in total. The van der Waals surface area contributed by atoms with E-state index in [1.165, 1.54) is 0 Å².